The highest BCUT2D eigenvalue weighted by Crippen LogP contribution is 2.24. The summed E-state index contributed by atoms with van der Waals surface area (Å²) in [4.78, 5) is 0. The van der Waals surface area contributed by atoms with Gasteiger partial charge in [0.25, 0.3) is 0 Å². The average Bonchev–Trinajstić information content (AvgIpc) is 3.42. The second kappa shape index (κ2) is 11.3. The van der Waals surface area contributed by atoms with Crippen LogP contribution in [0.2, 0.25) is 0 Å². The van der Waals surface area contributed by atoms with Gasteiger partial charge in [0.05, 0.1) is 0 Å². The fourth-order valence-corrected chi connectivity index (χ4v) is 5.00. The van der Waals surface area contributed by atoms with Gasteiger partial charge in [-0.1, -0.05) is 73.8 Å². The fourth-order valence-electron chi connectivity index (χ4n) is 3.61. The zero-order valence-corrected chi connectivity index (χ0v) is 20.1. The van der Waals surface area contributed by atoms with Gasteiger partial charge in [-0.25, -0.2) is 0 Å². The lowest BCUT2D eigenvalue weighted by Crippen LogP contribution is -2.05. The van der Waals surface area contributed by atoms with Crippen LogP contribution in [0.4, 0.5) is 0 Å². The van der Waals surface area contributed by atoms with Gasteiger partial charge in [-0.05, 0) is 48.6 Å². The van der Waals surface area contributed by atoms with Crippen LogP contribution in [0.15, 0.2) is 71.0 Å². The van der Waals surface area contributed by atoms with Crippen LogP contribution in [0, 0.1) is 0 Å². The minimum Gasteiger partial charge on any atom is -0.274 e. The minimum absolute atomic E-state index is 0.877. The summed E-state index contributed by atoms with van der Waals surface area (Å²) in [6, 6.07) is 20.8. The molecule has 4 aromatic rings. The van der Waals surface area contributed by atoms with Crippen molar-refractivity contribution in [1.29, 1.82) is 0 Å². The highest BCUT2D eigenvalue weighted by atomic mass is 32.2. The fraction of sp³-hybridized carbons (Fsp3) is 0.333. The lowest BCUT2D eigenvalue weighted by Gasteiger charge is -2.11. The largest absolute Gasteiger partial charge is 0.274 e. The Kier molecular flexibility index (Phi) is 8.01. The molecule has 32 heavy (non-hydrogen) atoms. The highest BCUT2D eigenvalue weighted by molar-refractivity contribution is 7.99. The molecule has 0 fully saturated rings. The van der Waals surface area contributed by atoms with Crippen LogP contribution in [0.25, 0.3) is 11.4 Å². The second-order valence-electron chi connectivity index (χ2n) is 7.21. The molecule has 0 unspecified atom stereocenters. The van der Waals surface area contributed by atoms with Gasteiger partial charge in [0.15, 0.2) is 10.3 Å². The molecule has 0 amide bonds. The van der Waals surface area contributed by atoms with Crippen molar-refractivity contribution in [2.24, 2.45) is 0 Å². The van der Waals surface area contributed by atoms with E-state index in [4.69, 9.17) is 0 Å². The number of thioether (sulfide) groups is 2. The van der Waals surface area contributed by atoms with E-state index in [1.165, 1.54) is 0 Å². The summed E-state index contributed by atoms with van der Waals surface area (Å²) >= 11 is 3.45. The smallest absolute Gasteiger partial charge is 0.195 e. The summed E-state index contributed by atoms with van der Waals surface area (Å²) in [6.45, 7) is 4.28. The summed E-state index contributed by atoms with van der Waals surface area (Å²) in [7, 11) is 0. The van der Waals surface area contributed by atoms with E-state index >= 15 is 0 Å². The predicted molar refractivity (Wildman–Crippen MR) is 132 cm³/mol. The first-order valence-corrected chi connectivity index (χ1v) is 13.0. The van der Waals surface area contributed by atoms with Gasteiger partial charge in [-0.3, -0.25) is 9.13 Å². The molecule has 6 nitrogen and oxygen atoms in total. The van der Waals surface area contributed by atoms with Crippen molar-refractivity contribution < 1.29 is 0 Å². The van der Waals surface area contributed by atoms with Gasteiger partial charge >= 0.3 is 0 Å². The van der Waals surface area contributed by atoms with Crippen molar-refractivity contribution in [3.63, 3.8) is 0 Å². The van der Waals surface area contributed by atoms with Gasteiger partial charge in [0, 0.05) is 24.2 Å². The van der Waals surface area contributed by atoms with Crippen LogP contribution < -0.4 is 0 Å². The van der Waals surface area contributed by atoms with E-state index in [2.05, 4.69) is 91.9 Å². The number of hydrogen-bond donors (Lipinski definition) is 0. The number of unbranched alkanes of at least 4 members (excludes halogenated alkanes) is 1. The quantitative estimate of drug-likeness (QED) is 0.211. The number of benzene rings is 2. The maximum atomic E-state index is 4.50. The summed E-state index contributed by atoms with van der Waals surface area (Å²) in [5.74, 6) is 3.97. The summed E-state index contributed by atoms with van der Waals surface area (Å²) in [5.41, 5.74) is 2.24. The monoisotopic (exact) mass is 464 g/mol. The third-order valence-electron chi connectivity index (χ3n) is 5.03. The molecule has 0 N–H and O–H groups in total. The molecule has 166 valence electrons. The normalized spacial score (nSPS) is 11.2. The lowest BCUT2D eigenvalue weighted by molar-refractivity contribution is 0.664. The van der Waals surface area contributed by atoms with Crippen molar-refractivity contribution in [2.45, 2.75) is 49.8 Å². The first-order chi connectivity index (χ1) is 15.8. The van der Waals surface area contributed by atoms with Crippen molar-refractivity contribution in [3.8, 4) is 11.4 Å². The number of hydrogen-bond acceptors (Lipinski definition) is 6. The number of nitrogens with zero attached hydrogens (tertiary/aromatic N) is 6. The number of rotatable bonds is 11. The van der Waals surface area contributed by atoms with Crippen molar-refractivity contribution >= 4 is 23.5 Å². The molecule has 0 spiro atoms. The van der Waals surface area contributed by atoms with E-state index in [0.717, 1.165) is 70.5 Å². The molecule has 2 heterocycles. The van der Waals surface area contributed by atoms with E-state index < -0.39 is 0 Å². The molecule has 4 rings (SSSR count). The molecular weight excluding hydrogens is 436 g/mol. The molecule has 0 saturated carbocycles. The highest BCUT2D eigenvalue weighted by Gasteiger charge is 2.16. The lowest BCUT2D eigenvalue weighted by atomic mass is 10.1. The SMILES string of the molecule is CCSc1nnc(CCCCc2nnc(SCC)n2-c2ccccc2)n1-c1ccccc1. The Morgan fingerprint density at radius 1 is 0.594 bits per heavy atom. The van der Waals surface area contributed by atoms with Gasteiger partial charge < -0.3 is 0 Å². The maximum Gasteiger partial charge on any atom is 0.195 e. The van der Waals surface area contributed by atoms with Crippen LogP contribution in [0.1, 0.15) is 38.3 Å². The first kappa shape index (κ1) is 22.6. The van der Waals surface area contributed by atoms with Crippen LogP contribution in [-0.4, -0.2) is 41.0 Å². The Hall–Kier alpha value is -2.58. The van der Waals surface area contributed by atoms with Crippen LogP contribution in [-0.2, 0) is 12.8 Å². The molecule has 0 aliphatic rings. The average molecular weight is 465 g/mol. The molecular formula is C24H28N6S2. The Labute approximate surface area is 197 Å². The van der Waals surface area contributed by atoms with E-state index in [-0.39, 0.29) is 0 Å². The zero-order valence-electron chi connectivity index (χ0n) is 18.5. The van der Waals surface area contributed by atoms with Crippen molar-refractivity contribution in [2.75, 3.05) is 11.5 Å². The van der Waals surface area contributed by atoms with E-state index in [9.17, 15) is 0 Å². The molecule has 0 saturated heterocycles. The van der Waals surface area contributed by atoms with Crippen molar-refractivity contribution in [1.82, 2.24) is 29.5 Å². The molecule has 0 bridgehead atoms. The first-order valence-electron chi connectivity index (χ1n) is 11.1. The Balaban J connectivity index is 1.46. The minimum atomic E-state index is 0.877. The third kappa shape index (κ3) is 5.24. The van der Waals surface area contributed by atoms with Gasteiger partial charge in [-0.15, -0.1) is 20.4 Å². The Morgan fingerprint density at radius 2 is 1.00 bits per heavy atom. The van der Waals surface area contributed by atoms with Crippen LogP contribution in [0.3, 0.4) is 0 Å². The van der Waals surface area contributed by atoms with E-state index in [1.54, 1.807) is 23.5 Å². The van der Waals surface area contributed by atoms with Crippen LogP contribution in [0.5, 0.6) is 0 Å². The molecule has 0 aliphatic heterocycles. The molecule has 2 aromatic carbocycles. The maximum absolute atomic E-state index is 4.50. The molecule has 0 radical (unpaired) electrons. The summed E-state index contributed by atoms with van der Waals surface area (Å²) in [5, 5.41) is 19.8. The topological polar surface area (TPSA) is 61.4 Å². The molecule has 0 aliphatic carbocycles. The van der Waals surface area contributed by atoms with E-state index in [1.807, 2.05) is 12.1 Å². The third-order valence-corrected chi connectivity index (χ3v) is 6.65. The standard InChI is InChI=1S/C24H28N6S2/c1-3-31-23-27-25-21(29(23)19-13-7-5-8-14-19)17-11-12-18-22-26-28-24(32-4-2)30(22)20-15-9-6-10-16-20/h5-10,13-16H,3-4,11-12,17-18H2,1-2H3. The van der Waals surface area contributed by atoms with Gasteiger partial charge in [0.2, 0.25) is 0 Å². The zero-order chi connectivity index (χ0) is 22.2. The van der Waals surface area contributed by atoms with Gasteiger partial charge in [-0.2, -0.15) is 0 Å². The Morgan fingerprint density at radius 3 is 1.38 bits per heavy atom. The van der Waals surface area contributed by atoms with Crippen LogP contribution >= 0.6 is 23.5 Å². The molecule has 8 heteroatoms. The van der Waals surface area contributed by atoms with E-state index in [0.29, 0.717) is 0 Å². The number of aryl methyl sites for hydroxylation is 2. The predicted octanol–water partition coefficient (Wildman–Crippen LogP) is 5.64. The molecule has 0 atom stereocenters. The van der Waals surface area contributed by atoms with Crippen molar-refractivity contribution in [3.05, 3.63) is 72.3 Å². The number of para-hydroxylation sites is 2. The van der Waals surface area contributed by atoms with Gasteiger partial charge in [0.1, 0.15) is 11.6 Å². The summed E-state index contributed by atoms with van der Waals surface area (Å²) in [6.07, 6.45) is 3.78. The Bertz CT molecular complexity index is 1020. The number of aromatic nitrogens is 6. The molecule has 2 aromatic heterocycles. The second-order valence-corrected chi connectivity index (χ2v) is 9.68. The summed E-state index contributed by atoms with van der Waals surface area (Å²) < 4.78 is 4.38.